The van der Waals surface area contributed by atoms with E-state index in [9.17, 15) is 4.79 Å². The molecule has 0 atom stereocenters. The van der Waals surface area contributed by atoms with Gasteiger partial charge >= 0.3 is 0 Å². The third-order valence-electron chi connectivity index (χ3n) is 4.45. The molecule has 0 aromatic heterocycles. The molecular formula is C23H33N5O. The minimum atomic E-state index is 0.00896. The number of hydrogen-bond donors (Lipinski definition) is 2. The molecule has 2 rings (SSSR count). The average Bonchev–Trinajstić information content (AvgIpc) is 2.72. The first kappa shape index (κ1) is 22.4. The van der Waals surface area contributed by atoms with Gasteiger partial charge in [-0.1, -0.05) is 42.5 Å². The molecule has 29 heavy (non-hydrogen) atoms. The van der Waals surface area contributed by atoms with Gasteiger partial charge in [0.15, 0.2) is 5.96 Å². The molecule has 0 aliphatic carbocycles. The zero-order valence-corrected chi connectivity index (χ0v) is 18.0. The molecule has 2 aromatic rings. The highest BCUT2D eigenvalue weighted by atomic mass is 16.2. The molecular weight excluding hydrogens is 362 g/mol. The van der Waals surface area contributed by atoms with Crippen molar-refractivity contribution in [3.63, 3.8) is 0 Å². The van der Waals surface area contributed by atoms with Gasteiger partial charge in [0.05, 0.1) is 6.54 Å². The van der Waals surface area contributed by atoms with Crippen LogP contribution in [0.3, 0.4) is 0 Å². The molecule has 0 radical (unpaired) electrons. The molecule has 156 valence electrons. The van der Waals surface area contributed by atoms with Gasteiger partial charge in [0.1, 0.15) is 0 Å². The maximum absolute atomic E-state index is 12.0. The number of amides is 1. The second-order valence-electron chi connectivity index (χ2n) is 7.24. The number of nitrogens with one attached hydrogen (secondary N) is 2. The zero-order chi connectivity index (χ0) is 21.1. The Labute approximate surface area is 174 Å². The van der Waals surface area contributed by atoms with Crippen LogP contribution in [-0.2, 0) is 13.1 Å². The Balaban J connectivity index is 1.83. The fourth-order valence-electron chi connectivity index (χ4n) is 2.86. The van der Waals surface area contributed by atoms with Crippen molar-refractivity contribution in [3.05, 3.63) is 71.3 Å². The molecule has 2 aromatic carbocycles. The number of carbonyl (C=O) groups excluding carboxylic acids is 1. The molecule has 6 nitrogen and oxygen atoms in total. The van der Waals surface area contributed by atoms with E-state index in [4.69, 9.17) is 0 Å². The standard InChI is InChI=1S/C23H33N5O/c1-5-24-23(25-15-16-28(4)18-20-9-7-6-8-10-20)26-17-19-11-13-21(14-12-19)22(29)27(2)3/h6-14H,5,15-18H2,1-4H3,(H2,24,25,26). The van der Waals surface area contributed by atoms with Crippen molar-refractivity contribution in [2.24, 2.45) is 4.99 Å². The van der Waals surface area contributed by atoms with Gasteiger partial charge in [-0.05, 0) is 37.2 Å². The van der Waals surface area contributed by atoms with E-state index in [0.29, 0.717) is 12.1 Å². The quantitative estimate of drug-likeness (QED) is 0.506. The predicted molar refractivity (Wildman–Crippen MR) is 120 cm³/mol. The molecule has 6 heteroatoms. The first-order chi connectivity index (χ1) is 14.0. The fourth-order valence-corrected chi connectivity index (χ4v) is 2.86. The number of likely N-dealkylation sites (N-methyl/N-ethyl adjacent to an activating group) is 1. The summed E-state index contributed by atoms with van der Waals surface area (Å²) in [6.07, 6.45) is 0. The maximum atomic E-state index is 12.0. The highest BCUT2D eigenvalue weighted by Crippen LogP contribution is 2.07. The van der Waals surface area contributed by atoms with Crippen molar-refractivity contribution >= 4 is 11.9 Å². The Morgan fingerprint density at radius 1 is 0.931 bits per heavy atom. The van der Waals surface area contributed by atoms with E-state index in [1.807, 2.05) is 30.3 Å². The van der Waals surface area contributed by atoms with Crippen molar-refractivity contribution in [2.75, 3.05) is 40.8 Å². The third kappa shape index (κ3) is 7.95. The monoisotopic (exact) mass is 395 g/mol. The molecule has 0 heterocycles. The van der Waals surface area contributed by atoms with Gasteiger partial charge in [-0.15, -0.1) is 0 Å². The first-order valence-electron chi connectivity index (χ1n) is 10.0. The van der Waals surface area contributed by atoms with Crippen molar-refractivity contribution in [2.45, 2.75) is 20.0 Å². The molecule has 0 unspecified atom stereocenters. The van der Waals surface area contributed by atoms with E-state index in [0.717, 1.165) is 37.7 Å². The van der Waals surface area contributed by atoms with E-state index in [2.05, 4.69) is 58.8 Å². The number of benzene rings is 2. The Morgan fingerprint density at radius 2 is 1.62 bits per heavy atom. The number of hydrogen-bond acceptors (Lipinski definition) is 3. The average molecular weight is 396 g/mol. The SMILES string of the molecule is CCNC(=NCc1ccc(C(=O)N(C)C)cc1)NCCN(C)Cc1ccccc1. The molecule has 0 bridgehead atoms. The van der Waals surface area contributed by atoms with Gasteiger partial charge < -0.3 is 20.4 Å². The van der Waals surface area contributed by atoms with Crippen LogP contribution in [-0.4, -0.2) is 62.4 Å². The molecule has 1 amide bonds. The third-order valence-corrected chi connectivity index (χ3v) is 4.45. The maximum Gasteiger partial charge on any atom is 0.253 e. The lowest BCUT2D eigenvalue weighted by Crippen LogP contribution is -2.40. The molecule has 0 spiro atoms. The van der Waals surface area contributed by atoms with Gasteiger partial charge in [-0.25, -0.2) is 4.99 Å². The lowest BCUT2D eigenvalue weighted by molar-refractivity contribution is 0.0827. The van der Waals surface area contributed by atoms with Gasteiger partial charge in [0, 0.05) is 45.8 Å². The molecule has 0 saturated carbocycles. The smallest absolute Gasteiger partial charge is 0.253 e. The van der Waals surface area contributed by atoms with E-state index in [-0.39, 0.29) is 5.91 Å². The molecule has 0 aliphatic rings. The van der Waals surface area contributed by atoms with Gasteiger partial charge in [-0.3, -0.25) is 4.79 Å². The van der Waals surface area contributed by atoms with Gasteiger partial charge in [0.2, 0.25) is 0 Å². The summed E-state index contributed by atoms with van der Waals surface area (Å²) in [5, 5.41) is 6.67. The van der Waals surface area contributed by atoms with Crippen LogP contribution in [0.1, 0.15) is 28.4 Å². The van der Waals surface area contributed by atoms with E-state index < -0.39 is 0 Å². The van der Waals surface area contributed by atoms with Crippen molar-refractivity contribution < 1.29 is 4.79 Å². The summed E-state index contributed by atoms with van der Waals surface area (Å²) in [5.41, 5.74) is 3.07. The summed E-state index contributed by atoms with van der Waals surface area (Å²) in [6, 6.07) is 18.1. The highest BCUT2D eigenvalue weighted by molar-refractivity contribution is 5.93. The van der Waals surface area contributed by atoms with E-state index in [1.54, 1.807) is 19.0 Å². The fraction of sp³-hybridized carbons (Fsp3) is 0.391. The number of aliphatic imine (C=N–C) groups is 1. The summed E-state index contributed by atoms with van der Waals surface area (Å²) in [6.45, 7) is 6.08. The first-order valence-corrected chi connectivity index (χ1v) is 10.0. The summed E-state index contributed by atoms with van der Waals surface area (Å²) >= 11 is 0. The number of nitrogens with zero attached hydrogens (tertiary/aromatic N) is 3. The topological polar surface area (TPSA) is 60.0 Å². The molecule has 0 fully saturated rings. The largest absolute Gasteiger partial charge is 0.357 e. The molecule has 2 N–H and O–H groups in total. The van der Waals surface area contributed by atoms with Gasteiger partial charge in [0.25, 0.3) is 5.91 Å². The Morgan fingerprint density at radius 3 is 2.24 bits per heavy atom. The van der Waals surface area contributed by atoms with Crippen molar-refractivity contribution in [1.82, 2.24) is 20.4 Å². The van der Waals surface area contributed by atoms with Crippen LogP contribution < -0.4 is 10.6 Å². The Bertz CT molecular complexity index is 772. The zero-order valence-electron chi connectivity index (χ0n) is 18.0. The van der Waals surface area contributed by atoms with Crippen LogP contribution in [0.4, 0.5) is 0 Å². The summed E-state index contributed by atoms with van der Waals surface area (Å²) in [5.74, 6) is 0.809. The number of rotatable bonds is 9. The lowest BCUT2D eigenvalue weighted by Gasteiger charge is -2.18. The normalized spacial score (nSPS) is 11.4. The van der Waals surface area contributed by atoms with Crippen LogP contribution in [0.5, 0.6) is 0 Å². The Hall–Kier alpha value is -2.86. The van der Waals surface area contributed by atoms with Crippen LogP contribution in [0, 0.1) is 0 Å². The summed E-state index contributed by atoms with van der Waals surface area (Å²) < 4.78 is 0. The second-order valence-corrected chi connectivity index (χ2v) is 7.24. The Kier molecular flexibility index (Phi) is 9.18. The van der Waals surface area contributed by atoms with Crippen LogP contribution in [0.2, 0.25) is 0 Å². The molecule has 0 aliphatic heterocycles. The summed E-state index contributed by atoms with van der Waals surface area (Å²) in [4.78, 5) is 20.5. The minimum absolute atomic E-state index is 0.00896. The highest BCUT2D eigenvalue weighted by Gasteiger charge is 2.07. The van der Waals surface area contributed by atoms with Crippen molar-refractivity contribution in [3.8, 4) is 0 Å². The van der Waals surface area contributed by atoms with Crippen molar-refractivity contribution in [1.29, 1.82) is 0 Å². The van der Waals surface area contributed by atoms with Crippen LogP contribution >= 0.6 is 0 Å². The van der Waals surface area contributed by atoms with E-state index >= 15 is 0 Å². The van der Waals surface area contributed by atoms with Crippen LogP contribution in [0.15, 0.2) is 59.6 Å². The second kappa shape index (κ2) is 11.9. The molecule has 0 saturated heterocycles. The summed E-state index contributed by atoms with van der Waals surface area (Å²) in [7, 11) is 5.63. The van der Waals surface area contributed by atoms with Gasteiger partial charge in [-0.2, -0.15) is 0 Å². The number of carbonyl (C=O) groups is 1. The predicted octanol–water partition coefficient (Wildman–Crippen LogP) is 2.58. The minimum Gasteiger partial charge on any atom is -0.357 e. The number of guanidine groups is 1. The van der Waals surface area contributed by atoms with Crippen LogP contribution in [0.25, 0.3) is 0 Å². The lowest BCUT2D eigenvalue weighted by atomic mass is 10.1. The van der Waals surface area contributed by atoms with E-state index in [1.165, 1.54) is 5.56 Å².